The first-order valence-corrected chi connectivity index (χ1v) is 7.21. The maximum absolute atomic E-state index is 9.51. The molecular formula is C17H17ClO2. The number of ether oxygens (including phenoxy) is 1. The van der Waals surface area contributed by atoms with Crippen molar-refractivity contribution in [1.82, 2.24) is 0 Å². The van der Waals surface area contributed by atoms with E-state index < -0.39 is 6.10 Å². The van der Waals surface area contributed by atoms with Crippen LogP contribution in [0.25, 0.3) is 0 Å². The molecule has 0 aromatic heterocycles. The molecule has 2 aromatic rings. The number of hydrogen-bond acceptors (Lipinski definition) is 2. The fourth-order valence-electron chi connectivity index (χ4n) is 2.60. The van der Waals surface area contributed by atoms with Crippen LogP contribution in [0, 0.1) is 0 Å². The third-order valence-electron chi connectivity index (χ3n) is 3.84. The third-order valence-corrected chi connectivity index (χ3v) is 4.13. The highest BCUT2D eigenvalue weighted by molar-refractivity contribution is 6.32. The molecule has 0 spiro atoms. The van der Waals surface area contributed by atoms with Gasteiger partial charge in [-0.15, -0.1) is 0 Å². The molecule has 0 amide bonds. The summed E-state index contributed by atoms with van der Waals surface area (Å²) in [6, 6.07) is 13.9. The van der Waals surface area contributed by atoms with Gasteiger partial charge in [0.2, 0.25) is 0 Å². The van der Waals surface area contributed by atoms with Crippen LogP contribution < -0.4 is 4.74 Å². The van der Waals surface area contributed by atoms with Gasteiger partial charge in [-0.05, 0) is 42.2 Å². The lowest BCUT2D eigenvalue weighted by Crippen LogP contribution is -2.23. The molecule has 0 heterocycles. The first-order chi connectivity index (χ1) is 9.65. The monoisotopic (exact) mass is 288 g/mol. The van der Waals surface area contributed by atoms with Crippen molar-refractivity contribution in [3.63, 3.8) is 0 Å². The molecule has 2 atom stereocenters. The molecule has 1 unspecified atom stereocenters. The maximum atomic E-state index is 9.51. The Bertz CT molecular complexity index is 622. The summed E-state index contributed by atoms with van der Waals surface area (Å²) in [6.07, 6.45) is 0.555. The number of rotatable bonds is 4. The third kappa shape index (κ3) is 2.54. The summed E-state index contributed by atoms with van der Waals surface area (Å²) in [5, 5.41) is 10.1. The molecule has 0 aliphatic heterocycles. The van der Waals surface area contributed by atoms with E-state index in [1.54, 1.807) is 13.0 Å². The van der Waals surface area contributed by atoms with E-state index in [1.165, 1.54) is 11.1 Å². The highest BCUT2D eigenvalue weighted by Gasteiger charge is 2.26. The molecule has 0 radical (unpaired) electrons. The molecule has 0 saturated carbocycles. The minimum Gasteiger partial charge on any atom is -0.491 e. The van der Waals surface area contributed by atoms with Crippen molar-refractivity contribution in [3.8, 4) is 5.75 Å². The zero-order valence-electron chi connectivity index (χ0n) is 11.3. The highest BCUT2D eigenvalue weighted by atomic mass is 35.5. The number of fused-ring (bicyclic) bond motifs is 1. The minimum absolute atomic E-state index is 0.457. The van der Waals surface area contributed by atoms with Crippen LogP contribution in [-0.2, 0) is 6.42 Å². The first kappa shape index (κ1) is 13.5. The molecule has 20 heavy (non-hydrogen) atoms. The van der Waals surface area contributed by atoms with Crippen LogP contribution in [0.15, 0.2) is 42.5 Å². The van der Waals surface area contributed by atoms with E-state index in [-0.39, 0.29) is 0 Å². The molecule has 3 heteroatoms. The molecule has 3 rings (SSSR count). The minimum atomic E-state index is -0.514. The summed E-state index contributed by atoms with van der Waals surface area (Å²) in [7, 11) is 0. The van der Waals surface area contributed by atoms with Crippen molar-refractivity contribution in [3.05, 3.63) is 64.2 Å². The lowest BCUT2D eigenvalue weighted by molar-refractivity contribution is 0.199. The van der Waals surface area contributed by atoms with Crippen LogP contribution in [0.2, 0.25) is 5.02 Å². The predicted molar refractivity (Wildman–Crippen MR) is 80.5 cm³/mol. The van der Waals surface area contributed by atoms with Crippen LogP contribution in [-0.4, -0.2) is 11.7 Å². The normalized spacial score (nSPS) is 18.1. The molecule has 0 saturated heterocycles. The van der Waals surface area contributed by atoms with Gasteiger partial charge in [0.25, 0.3) is 0 Å². The standard InChI is InChI=1S/C17H17ClO2/c1-11(19)12-6-7-17(16(18)9-12)20-10-14-8-13-4-2-3-5-15(13)14/h2-7,9,11,14,19H,8,10H2,1H3/t11-,14?/m1/s1. The quantitative estimate of drug-likeness (QED) is 0.917. The Hall–Kier alpha value is -1.51. The van der Waals surface area contributed by atoms with Gasteiger partial charge in [-0.25, -0.2) is 0 Å². The van der Waals surface area contributed by atoms with Crippen molar-refractivity contribution in [2.45, 2.75) is 25.4 Å². The zero-order valence-corrected chi connectivity index (χ0v) is 12.1. The largest absolute Gasteiger partial charge is 0.491 e. The smallest absolute Gasteiger partial charge is 0.137 e. The summed E-state index contributed by atoms with van der Waals surface area (Å²) in [5.74, 6) is 1.14. The average molecular weight is 289 g/mol. The van der Waals surface area contributed by atoms with Crippen LogP contribution in [0.4, 0.5) is 0 Å². The Morgan fingerprint density at radius 3 is 2.80 bits per heavy atom. The number of benzene rings is 2. The van der Waals surface area contributed by atoms with Gasteiger partial charge in [0, 0.05) is 5.92 Å². The molecule has 1 aliphatic rings. The van der Waals surface area contributed by atoms with Gasteiger partial charge < -0.3 is 9.84 Å². The molecule has 0 fully saturated rings. The van der Waals surface area contributed by atoms with Crippen molar-refractivity contribution < 1.29 is 9.84 Å². The van der Waals surface area contributed by atoms with Gasteiger partial charge in [0.15, 0.2) is 0 Å². The second-order valence-corrected chi connectivity index (χ2v) is 5.68. The fourth-order valence-corrected chi connectivity index (χ4v) is 2.84. The van der Waals surface area contributed by atoms with E-state index in [1.807, 2.05) is 12.1 Å². The Balaban J connectivity index is 1.65. The van der Waals surface area contributed by atoms with E-state index in [9.17, 15) is 5.11 Å². The number of aliphatic hydroxyl groups excluding tert-OH is 1. The van der Waals surface area contributed by atoms with E-state index in [4.69, 9.17) is 16.3 Å². The number of halogens is 1. The molecule has 1 N–H and O–H groups in total. The molecule has 2 aromatic carbocycles. The Labute approximate surface area is 124 Å². The lowest BCUT2D eigenvalue weighted by Gasteiger charge is -2.30. The summed E-state index contributed by atoms with van der Waals surface area (Å²) >= 11 is 6.18. The van der Waals surface area contributed by atoms with Crippen LogP contribution in [0.3, 0.4) is 0 Å². The first-order valence-electron chi connectivity index (χ1n) is 6.83. The van der Waals surface area contributed by atoms with Crippen LogP contribution >= 0.6 is 11.6 Å². The maximum Gasteiger partial charge on any atom is 0.137 e. The van der Waals surface area contributed by atoms with Gasteiger partial charge in [-0.3, -0.25) is 0 Å². The topological polar surface area (TPSA) is 29.5 Å². The van der Waals surface area contributed by atoms with Crippen molar-refractivity contribution in [2.75, 3.05) is 6.61 Å². The second kappa shape index (κ2) is 5.47. The summed E-state index contributed by atoms with van der Waals surface area (Å²) in [5.41, 5.74) is 3.59. The molecule has 1 aliphatic carbocycles. The van der Waals surface area contributed by atoms with E-state index in [0.717, 1.165) is 12.0 Å². The van der Waals surface area contributed by atoms with Crippen LogP contribution in [0.5, 0.6) is 5.75 Å². The SMILES string of the molecule is C[C@@H](O)c1ccc(OCC2Cc3ccccc32)c(Cl)c1. The van der Waals surface area contributed by atoms with E-state index in [0.29, 0.717) is 23.3 Å². The Morgan fingerprint density at radius 1 is 1.30 bits per heavy atom. The van der Waals surface area contributed by atoms with Gasteiger partial charge >= 0.3 is 0 Å². The van der Waals surface area contributed by atoms with E-state index >= 15 is 0 Å². The summed E-state index contributed by atoms with van der Waals surface area (Å²) < 4.78 is 5.82. The van der Waals surface area contributed by atoms with Crippen molar-refractivity contribution in [2.24, 2.45) is 0 Å². The van der Waals surface area contributed by atoms with Crippen molar-refractivity contribution >= 4 is 11.6 Å². The average Bonchev–Trinajstić information content (AvgIpc) is 2.41. The Kier molecular flexibility index (Phi) is 3.68. The van der Waals surface area contributed by atoms with E-state index in [2.05, 4.69) is 24.3 Å². The van der Waals surface area contributed by atoms with Crippen molar-refractivity contribution in [1.29, 1.82) is 0 Å². The van der Waals surface area contributed by atoms with Gasteiger partial charge in [0.1, 0.15) is 5.75 Å². The summed E-state index contributed by atoms with van der Waals surface area (Å²) in [6.45, 7) is 2.36. The molecule has 2 nitrogen and oxygen atoms in total. The number of hydrogen-bond donors (Lipinski definition) is 1. The molecule has 104 valence electrons. The molecular weight excluding hydrogens is 272 g/mol. The number of aliphatic hydroxyl groups is 1. The van der Waals surface area contributed by atoms with Gasteiger partial charge in [0.05, 0.1) is 17.7 Å². The summed E-state index contributed by atoms with van der Waals surface area (Å²) in [4.78, 5) is 0. The molecule has 0 bridgehead atoms. The zero-order chi connectivity index (χ0) is 14.1. The van der Waals surface area contributed by atoms with Crippen LogP contribution in [0.1, 0.15) is 35.6 Å². The predicted octanol–water partition coefficient (Wildman–Crippen LogP) is 4.11. The second-order valence-electron chi connectivity index (χ2n) is 5.28. The lowest BCUT2D eigenvalue weighted by atomic mass is 9.78. The highest BCUT2D eigenvalue weighted by Crippen LogP contribution is 2.36. The van der Waals surface area contributed by atoms with Gasteiger partial charge in [-0.1, -0.05) is 41.9 Å². The fraction of sp³-hybridized carbons (Fsp3) is 0.294. The Morgan fingerprint density at radius 2 is 2.10 bits per heavy atom. The van der Waals surface area contributed by atoms with Gasteiger partial charge in [-0.2, -0.15) is 0 Å².